The number of thioether (sulfide) groups is 5. The third kappa shape index (κ3) is 6.91. The lowest BCUT2D eigenvalue weighted by Crippen LogP contribution is -2.10. The third-order valence-corrected chi connectivity index (χ3v) is 13.6. The van der Waals surface area contributed by atoms with Crippen molar-refractivity contribution in [1.29, 1.82) is 0 Å². The van der Waals surface area contributed by atoms with Crippen LogP contribution < -0.4 is 0 Å². The van der Waals surface area contributed by atoms with E-state index in [1.165, 1.54) is 21.6 Å². The van der Waals surface area contributed by atoms with E-state index in [2.05, 4.69) is 6.26 Å². The van der Waals surface area contributed by atoms with Gasteiger partial charge < -0.3 is 14.2 Å². The van der Waals surface area contributed by atoms with E-state index < -0.39 is 10.0 Å². The van der Waals surface area contributed by atoms with Gasteiger partial charge in [-0.25, -0.2) is 12.4 Å². The summed E-state index contributed by atoms with van der Waals surface area (Å²) in [6, 6.07) is 6.95. The quantitative estimate of drug-likeness (QED) is 0.258. The van der Waals surface area contributed by atoms with Crippen molar-refractivity contribution in [2.75, 3.05) is 46.4 Å². The van der Waals surface area contributed by atoms with Crippen LogP contribution in [0, 0.1) is 6.92 Å². The first-order valence-electron chi connectivity index (χ1n) is 10.8. The number of ether oxygens (including phenoxy) is 3. The van der Waals surface area contributed by atoms with Crippen LogP contribution in [0.3, 0.4) is 0 Å². The van der Waals surface area contributed by atoms with Gasteiger partial charge in [0.1, 0.15) is 0 Å². The van der Waals surface area contributed by atoms with Gasteiger partial charge in [-0.05, 0) is 25.3 Å². The molecule has 0 unspecified atom stereocenters. The lowest BCUT2D eigenvalue weighted by atomic mass is 10.2. The van der Waals surface area contributed by atoms with E-state index >= 15 is 0 Å². The Morgan fingerprint density at radius 3 is 2.09 bits per heavy atom. The Balaban J connectivity index is 1.33. The smallest absolute Gasteiger partial charge is 0.267 e. The molecule has 35 heavy (non-hydrogen) atoms. The fourth-order valence-corrected chi connectivity index (χ4v) is 11.1. The van der Waals surface area contributed by atoms with Crippen LogP contribution in [-0.2, 0) is 24.2 Å². The second-order valence-electron chi connectivity index (χ2n) is 7.50. The zero-order valence-electron chi connectivity index (χ0n) is 19.6. The van der Waals surface area contributed by atoms with Crippen LogP contribution in [0.4, 0.5) is 0 Å². The van der Waals surface area contributed by atoms with Crippen LogP contribution in [0.1, 0.15) is 12.0 Å². The second-order valence-corrected chi connectivity index (χ2v) is 15.2. The molecule has 1 aromatic carbocycles. The van der Waals surface area contributed by atoms with Crippen LogP contribution in [0.2, 0.25) is 0 Å². The molecule has 0 aliphatic carbocycles. The fourth-order valence-electron chi connectivity index (χ4n) is 3.16. The molecule has 0 saturated carbocycles. The number of fused-ring (bicyclic) bond motifs is 1. The summed E-state index contributed by atoms with van der Waals surface area (Å²) in [6.45, 7) is 4.93. The maximum Gasteiger partial charge on any atom is 0.267 e. The minimum Gasteiger partial charge on any atom is -0.382 e. The summed E-state index contributed by atoms with van der Waals surface area (Å²) in [5, 5.41) is 0. The summed E-state index contributed by atoms with van der Waals surface area (Å²) in [7, 11) is -1.93. The molecule has 0 N–H and O–H groups in total. The van der Waals surface area contributed by atoms with Crippen molar-refractivity contribution in [2.45, 2.75) is 28.0 Å². The molecular weight excluding hydrogens is 563 g/mol. The number of benzene rings is 1. The average Bonchev–Trinajstić information content (AvgIpc) is 3.54. The summed E-state index contributed by atoms with van der Waals surface area (Å²) < 4.78 is 47.3. The van der Waals surface area contributed by atoms with Crippen molar-refractivity contribution in [2.24, 2.45) is 0 Å². The summed E-state index contributed by atoms with van der Waals surface area (Å²) in [4.78, 5) is 3.58. The van der Waals surface area contributed by atoms with Gasteiger partial charge in [0.05, 0.1) is 50.6 Å². The number of methoxy groups -OCH3 is 1. The van der Waals surface area contributed by atoms with Gasteiger partial charge in [0.2, 0.25) is 0 Å². The number of hydrogen-bond acceptors (Lipinski definition) is 10. The van der Waals surface area contributed by atoms with Crippen molar-refractivity contribution in [3.05, 3.63) is 59.8 Å². The third-order valence-electron chi connectivity index (χ3n) is 4.99. The zero-order valence-corrected chi connectivity index (χ0v) is 24.5. The van der Waals surface area contributed by atoms with E-state index in [4.69, 9.17) is 14.2 Å². The van der Waals surface area contributed by atoms with Crippen LogP contribution in [0.5, 0.6) is 0 Å². The molecular formula is C23H27NO5S6. The first-order valence-corrected chi connectivity index (χ1v) is 16.8. The predicted molar refractivity (Wildman–Crippen MR) is 151 cm³/mol. The van der Waals surface area contributed by atoms with E-state index in [0.29, 0.717) is 37.9 Å². The lowest BCUT2D eigenvalue weighted by Gasteiger charge is -2.07. The first-order chi connectivity index (χ1) is 16.9. The molecule has 0 bridgehead atoms. The van der Waals surface area contributed by atoms with Crippen LogP contribution in [0.15, 0.2) is 69.0 Å². The molecule has 6 nitrogen and oxygen atoms in total. The van der Waals surface area contributed by atoms with E-state index in [1.807, 2.05) is 19.1 Å². The Morgan fingerprint density at radius 2 is 1.46 bits per heavy atom. The van der Waals surface area contributed by atoms with E-state index in [0.717, 1.165) is 21.8 Å². The Morgan fingerprint density at radius 1 is 0.857 bits per heavy atom. The molecule has 0 saturated heterocycles. The molecule has 1 aromatic heterocycles. The number of nitrogens with zero attached hydrogens (tertiary/aromatic N) is 1. The molecule has 2 aromatic rings. The van der Waals surface area contributed by atoms with Gasteiger partial charge in [-0.15, -0.1) is 11.8 Å². The molecule has 190 valence electrons. The first kappa shape index (κ1) is 27.6. The Kier molecular flexibility index (Phi) is 10.2. The van der Waals surface area contributed by atoms with E-state index in [9.17, 15) is 8.42 Å². The largest absolute Gasteiger partial charge is 0.382 e. The van der Waals surface area contributed by atoms with Crippen molar-refractivity contribution in [3.63, 3.8) is 0 Å². The van der Waals surface area contributed by atoms with E-state index in [1.54, 1.807) is 90.4 Å². The highest BCUT2D eigenvalue weighted by atomic mass is 32.2. The maximum atomic E-state index is 13.0. The normalized spacial score (nSPS) is 16.0. The second kappa shape index (κ2) is 12.9. The molecule has 0 spiro atoms. The lowest BCUT2D eigenvalue weighted by molar-refractivity contribution is 0.0258. The summed E-state index contributed by atoms with van der Waals surface area (Å²) >= 11 is 8.66. The van der Waals surface area contributed by atoms with Crippen molar-refractivity contribution < 1.29 is 22.6 Å². The van der Waals surface area contributed by atoms with Crippen LogP contribution in [0.25, 0.3) is 0 Å². The van der Waals surface area contributed by atoms with Crippen molar-refractivity contribution in [3.8, 4) is 0 Å². The van der Waals surface area contributed by atoms with Crippen LogP contribution in [-0.4, -0.2) is 58.8 Å². The topological polar surface area (TPSA) is 66.8 Å². The van der Waals surface area contributed by atoms with Gasteiger partial charge in [-0.3, -0.25) is 0 Å². The highest BCUT2D eigenvalue weighted by Gasteiger charge is 2.30. The minimum atomic E-state index is -3.59. The van der Waals surface area contributed by atoms with Gasteiger partial charge in [0.25, 0.3) is 10.0 Å². The highest BCUT2D eigenvalue weighted by molar-refractivity contribution is 8.37. The molecule has 2 aliphatic heterocycles. The number of hydrogen-bond donors (Lipinski definition) is 0. The van der Waals surface area contributed by atoms with Gasteiger partial charge in [-0.1, -0.05) is 64.7 Å². The molecule has 0 radical (unpaired) electrons. The fraction of sp³-hybridized carbons (Fsp3) is 0.391. The SMILES string of the molecule is COCCOCCOCCC1=C(SC)SC(=C2Sc3cn(S(=O)(=O)c4ccc(C)cc4)cc3S2)S1. The predicted octanol–water partition coefficient (Wildman–Crippen LogP) is 6.44. The number of rotatable bonds is 12. The van der Waals surface area contributed by atoms with Crippen LogP contribution >= 0.6 is 58.8 Å². The van der Waals surface area contributed by atoms with Crippen molar-refractivity contribution in [1.82, 2.24) is 3.97 Å². The monoisotopic (exact) mass is 589 g/mol. The highest BCUT2D eigenvalue weighted by Crippen LogP contribution is 2.62. The molecule has 12 heteroatoms. The number of aromatic nitrogens is 1. The number of aryl methyl sites for hydroxylation is 1. The summed E-state index contributed by atoms with van der Waals surface area (Å²) in [6.07, 6.45) is 6.42. The zero-order chi connectivity index (χ0) is 24.8. The maximum absolute atomic E-state index is 13.0. The molecule has 4 rings (SSSR count). The Labute approximate surface area is 228 Å². The molecule has 2 aliphatic rings. The molecule has 0 atom stereocenters. The van der Waals surface area contributed by atoms with Gasteiger partial charge in [0.15, 0.2) is 0 Å². The van der Waals surface area contributed by atoms with Crippen molar-refractivity contribution >= 4 is 68.8 Å². The Hall–Kier alpha value is -0.440. The molecule has 0 amide bonds. The summed E-state index contributed by atoms with van der Waals surface area (Å²) in [5.41, 5.74) is 1.03. The van der Waals surface area contributed by atoms with Gasteiger partial charge >= 0.3 is 0 Å². The Bertz CT molecular complexity index is 1180. The summed E-state index contributed by atoms with van der Waals surface area (Å²) in [5.74, 6) is 0. The van der Waals surface area contributed by atoms with Gasteiger partial charge in [0, 0.05) is 40.6 Å². The molecule has 3 heterocycles. The molecule has 0 fully saturated rings. The average molecular weight is 590 g/mol. The van der Waals surface area contributed by atoms with Gasteiger partial charge in [-0.2, -0.15) is 0 Å². The van der Waals surface area contributed by atoms with E-state index in [-0.39, 0.29) is 0 Å². The standard InChI is InChI=1S/C23H27NO5S6/c1-16-4-6-17(7-5-16)35(25,26)24-14-19-20(15-24)33-22(32-19)23-31-18(21(30-3)34-23)8-9-28-12-13-29-11-10-27-2/h4-7,14-15H,8-13H2,1-3H3. The minimum absolute atomic E-state index is 0.300.